The molecule has 2 saturated heterocycles. The first-order chi connectivity index (χ1) is 16.2. The van der Waals surface area contributed by atoms with E-state index >= 15 is 0 Å². The lowest BCUT2D eigenvalue weighted by Gasteiger charge is -2.34. The molecule has 1 aliphatic carbocycles. The van der Waals surface area contributed by atoms with Crippen LogP contribution in [0.3, 0.4) is 0 Å². The fourth-order valence-electron chi connectivity index (χ4n) is 5.21. The van der Waals surface area contributed by atoms with Gasteiger partial charge in [0.1, 0.15) is 5.75 Å². The van der Waals surface area contributed by atoms with Crippen LogP contribution in [0.25, 0.3) is 0 Å². The smallest absolute Gasteiger partial charge is 0.243 e. The van der Waals surface area contributed by atoms with Crippen LogP contribution in [0.5, 0.6) is 5.75 Å². The summed E-state index contributed by atoms with van der Waals surface area (Å²) in [7, 11) is -2.33. The van der Waals surface area contributed by atoms with Crippen molar-refractivity contribution in [2.24, 2.45) is 23.7 Å². The minimum Gasteiger partial charge on any atom is -0.492 e. The maximum atomic E-state index is 13.5. The van der Waals surface area contributed by atoms with Crippen molar-refractivity contribution in [2.45, 2.75) is 31.6 Å². The van der Waals surface area contributed by atoms with Crippen molar-refractivity contribution in [2.75, 3.05) is 45.3 Å². The molecule has 1 aromatic rings. The number of benzene rings is 1. The number of fused-ring (bicyclic) bond motifs is 1. The van der Waals surface area contributed by atoms with Gasteiger partial charge in [0.25, 0.3) is 0 Å². The van der Waals surface area contributed by atoms with Gasteiger partial charge in [-0.15, -0.1) is 0 Å². The first-order valence-corrected chi connectivity index (χ1v) is 13.1. The lowest BCUT2D eigenvalue weighted by Crippen LogP contribution is -2.43. The molecule has 0 spiro atoms. The number of rotatable bonds is 6. The fourth-order valence-corrected chi connectivity index (χ4v) is 6.65. The van der Waals surface area contributed by atoms with Gasteiger partial charge in [0, 0.05) is 20.1 Å². The van der Waals surface area contributed by atoms with Crippen molar-refractivity contribution in [1.82, 2.24) is 9.21 Å². The lowest BCUT2D eigenvalue weighted by molar-refractivity contribution is -0.140. The van der Waals surface area contributed by atoms with Crippen molar-refractivity contribution in [3.8, 4) is 5.75 Å². The van der Waals surface area contributed by atoms with Crippen LogP contribution < -0.4 is 10.1 Å². The topological polar surface area (TPSA) is 122 Å². The molecule has 3 amide bonds. The van der Waals surface area contributed by atoms with E-state index in [2.05, 4.69) is 5.32 Å². The van der Waals surface area contributed by atoms with E-state index in [-0.39, 0.29) is 41.4 Å². The van der Waals surface area contributed by atoms with E-state index in [1.54, 1.807) is 6.92 Å². The molecular weight excluding hydrogens is 462 g/mol. The maximum absolute atomic E-state index is 13.5. The van der Waals surface area contributed by atoms with Crippen LogP contribution in [0.2, 0.25) is 0 Å². The van der Waals surface area contributed by atoms with Gasteiger partial charge in [0.2, 0.25) is 27.7 Å². The summed E-state index contributed by atoms with van der Waals surface area (Å²) in [4.78, 5) is 39.9. The third-order valence-corrected chi connectivity index (χ3v) is 8.94. The standard InChI is InChI=1S/C23H31N3O7S/c1-4-33-18-8-6-15(34(30,31)26-9-11-32-12-10-26)13-17(18)24-21(27)19-14(2)5-7-16-20(19)23(29)25(3)22(16)28/h6,8,13-14,16,19-20H,4-5,7,9-12H2,1-3H3,(H,24,27)/t14-,16-,19-,20-/m1/s1. The van der Waals surface area contributed by atoms with Crippen LogP contribution in [0.15, 0.2) is 23.1 Å². The van der Waals surface area contributed by atoms with Gasteiger partial charge in [0.15, 0.2) is 0 Å². The molecule has 186 valence electrons. The minimum absolute atomic E-state index is 0.0366. The third-order valence-electron chi connectivity index (χ3n) is 7.05. The third kappa shape index (κ3) is 4.32. The molecule has 3 fully saturated rings. The predicted molar refractivity (Wildman–Crippen MR) is 122 cm³/mol. The molecule has 11 heteroatoms. The molecule has 34 heavy (non-hydrogen) atoms. The van der Waals surface area contributed by atoms with E-state index in [0.29, 0.717) is 38.4 Å². The first-order valence-electron chi connectivity index (χ1n) is 11.6. The van der Waals surface area contributed by atoms with Crippen molar-refractivity contribution in [3.05, 3.63) is 18.2 Å². The Hall–Kier alpha value is -2.50. The van der Waals surface area contributed by atoms with Gasteiger partial charge in [0.05, 0.1) is 48.2 Å². The largest absolute Gasteiger partial charge is 0.492 e. The molecule has 10 nitrogen and oxygen atoms in total. The van der Waals surface area contributed by atoms with Crippen LogP contribution in [0, 0.1) is 23.7 Å². The van der Waals surface area contributed by atoms with Gasteiger partial charge >= 0.3 is 0 Å². The molecular formula is C23H31N3O7S. The Labute approximate surface area is 199 Å². The zero-order valence-electron chi connectivity index (χ0n) is 19.7. The molecule has 4 atom stereocenters. The van der Waals surface area contributed by atoms with Gasteiger partial charge in [-0.05, 0) is 43.9 Å². The minimum atomic E-state index is -3.78. The number of carbonyl (C=O) groups excluding carboxylic acids is 3. The summed E-state index contributed by atoms with van der Waals surface area (Å²) in [5.74, 6) is -2.68. The van der Waals surface area contributed by atoms with Crippen molar-refractivity contribution in [3.63, 3.8) is 0 Å². The predicted octanol–water partition coefficient (Wildman–Crippen LogP) is 1.32. The van der Waals surface area contributed by atoms with E-state index < -0.39 is 33.7 Å². The normalized spacial score (nSPS) is 28.0. The number of nitrogens with zero attached hydrogens (tertiary/aromatic N) is 2. The number of sulfonamides is 1. The summed E-state index contributed by atoms with van der Waals surface area (Å²) in [6.45, 7) is 5.16. The number of amides is 3. The van der Waals surface area contributed by atoms with Crippen LogP contribution in [-0.4, -0.2) is 75.3 Å². The Kier molecular flexibility index (Phi) is 6.97. The van der Waals surface area contributed by atoms with Crippen molar-refractivity contribution in [1.29, 1.82) is 0 Å². The number of anilines is 1. The summed E-state index contributed by atoms with van der Waals surface area (Å²) >= 11 is 0. The molecule has 0 unspecified atom stereocenters. The zero-order chi connectivity index (χ0) is 24.6. The van der Waals surface area contributed by atoms with Crippen LogP contribution >= 0.6 is 0 Å². The van der Waals surface area contributed by atoms with Crippen molar-refractivity contribution >= 4 is 33.4 Å². The zero-order valence-corrected chi connectivity index (χ0v) is 20.5. The van der Waals surface area contributed by atoms with E-state index in [1.807, 2.05) is 6.92 Å². The molecule has 1 aromatic carbocycles. The fraction of sp³-hybridized carbons (Fsp3) is 0.609. The van der Waals surface area contributed by atoms with Gasteiger partial charge in [-0.1, -0.05) is 6.92 Å². The Balaban J connectivity index is 1.64. The second-order valence-corrected chi connectivity index (χ2v) is 11.0. The average Bonchev–Trinajstić information content (AvgIpc) is 3.04. The number of hydrogen-bond acceptors (Lipinski definition) is 7. The van der Waals surface area contributed by atoms with Gasteiger partial charge in [-0.25, -0.2) is 8.42 Å². The summed E-state index contributed by atoms with van der Waals surface area (Å²) < 4.78 is 38.5. The summed E-state index contributed by atoms with van der Waals surface area (Å²) in [6.07, 6.45) is 1.22. The molecule has 2 heterocycles. The Bertz CT molecular complexity index is 1080. The molecule has 0 bridgehead atoms. The highest BCUT2D eigenvalue weighted by Crippen LogP contribution is 2.45. The lowest BCUT2D eigenvalue weighted by atomic mass is 9.67. The number of morpholine rings is 1. The van der Waals surface area contributed by atoms with Crippen LogP contribution in [0.4, 0.5) is 5.69 Å². The van der Waals surface area contributed by atoms with Gasteiger partial charge < -0.3 is 14.8 Å². The summed E-state index contributed by atoms with van der Waals surface area (Å²) in [5, 5.41) is 2.82. The number of hydrogen-bond donors (Lipinski definition) is 1. The molecule has 0 radical (unpaired) electrons. The molecule has 3 aliphatic rings. The second kappa shape index (κ2) is 9.63. The number of ether oxygens (including phenoxy) is 2. The molecule has 4 rings (SSSR count). The number of likely N-dealkylation sites (tertiary alicyclic amines) is 1. The Morgan fingerprint density at radius 3 is 2.56 bits per heavy atom. The highest BCUT2D eigenvalue weighted by Gasteiger charge is 2.55. The van der Waals surface area contributed by atoms with Gasteiger partial charge in [-0.3, -0.25) is 19.3 Å². The average molecular weight is 494 g/mol. The summed E-state index contributed by atoms with van der Waals surface area (Å²) in [6, 6.07) is 4.38. The van der Waals surface area contributed by atoms with Gasteiger partial charge in [-0.2, -0.15) is 4.31 Å². The van der Waals surface area contributed by atoms with E-state index in [0.717, 1.165) is 4.90 Å². The monoisotopic (exact) mass is 493 g/mol. The first kappa shape index (κ1) is 24.6. The Morgan fingerprint density at radius 1 is 1.18 bits per heavy atom. The number of carbonyl (C=O) groups is 3. The summed E-state index contributed by atoms with van der Waals surface area (Å²) in [5.41, 5.74) is 0.223. The van der Waals surface area contributed by atoms with E-state index in [1.165, 1.54) is 29.6 Å². The Morgan fingerprint density at radius 2 is 1.88 bits per heavy atom. The van der Waals surface area contributed by atoms with Crippen molar-refractivity contribution < 1.29 is 32.3 Å². The van der Waals surface area contributed by atoms with Crippen LogP contribution in [0.1, 0.15) is 26.7 Å². The van der Waals surface area contributed by atoms with Crippen LogP contribution in [-0.2, 0) is 29.1 Å². The quantitative estimate of drug-likeness (QED) is 0.593. The SMILES string of the molecule is CCOc1ccc(S(=O)(=O)N2CCOCC2)cc1NC(=O)[C@H]1[C@@H]2C(=O)N(C)C(=O)[C@@H]2CC[C@H]1C. The molecule has 2 aliphatic heterocycles. The number of nitrogens with one attached hydrogen (secondary N) is 1. The van der Waals surface area contributed by atoms with E-state index in [4.69, 9.17) is 9.47 Å². The highest BCUT2D eigenvalue weighted by molar-refractivity contribution is 7.89. The molecule has 1 saturated carbocycles. The maximum Gasteiger partial charge on any atom is 0.243 e. The van der Waals surface area contributed by atoms with E-state index in [9.17, 15) is 22.8 Å². The number of imide groups is 1. The molecule has 1 N–H and O–H groups in total. The highest BCUT2D eigenvalue weighted by atomic mass is 32.2. The molecule has 0 aromatic heterocycles. The second-order valence-electron chi connectivity index (χ2n) is 9.04.